The summed E-state index contributed by atoms with van der Waals surface area (Å²) in [6.07, 6.45) is 3.40. The summed E-state index contributed by atoms with van der Waals surface area (Å²) in [5.41, 5.74) is 4.30. The first-order valence-electron chi connectivity index (χ1n) is 4.76. The van der Waals surface area contributed by atoms with Crippen LogP contribution in [-0.2, 0) is 32.6 Å². The number of fused-ring (bicyclic) bond motifs is 1. The Morgan fingerprint density at radius 2 is 1.87 bits per heavy atom. The maximum absolute atomic E-state index is 2.31. The van der Waals surface area contributed by atoms with Gasteiger partial charge in [-0.05, 0) is 40.6 Å². The molecule has 0 amide bonds. The third-order valence-corrected chi connectivity index (χ3v) is 3.55. The van der Waals surface area contributed by atoms with Crippen LogP contribution in [0.3, 0.4) is 0 Å². The number of rotatable bonds is 1. The number of hydrogen-bond donors (Lipinski definition) is 0. The maximum atomic E-state index is 2.31. The fourth-order valence-corrected chi connectivity index (χ4v) is 2.64. The van der Waals surface area contributed by atoms with Gasteiger partial charge in [0, 0.05) is 31.1 Å². The van der Waals surface area contributed by atoms with Gasteiger partial charge >= 0.3 is 0 Å². The van der Waals surface area contributed by atoms with Crippen molar-refractivity contribution in [3.63, 3.8) is 0 Å². The van der Waals surface area contributed by atoms with Crippen LogP contribution in [-0.4, -0.2) is 0 Å². The van der Waals surface area contributed by atoms with E-state index in [1.807, 2.05) is 11.3 Å². The monoisotopic (exact) mass is 288 g/mol. The number of benzene rings is 1. The van der Waals surface area contributed by atoms with Crippen LogP contribution in [0.5, 0.6) is 0 Å². The van der Waals surface area contributed by atoms with Gasteiger partial charge in [0.05, 0.1) is 0 Å². The second-order valence-corrected chi connectivity index (χ2v) is 4.47. The molecule has 72 valence electrons. The predicted octanol–water partition coefficient (Wildman–Crippen LogP) is 3.84. The summed E-state index contributed by atoms with van der Waals surface area (Å²) < 4.78 is 0. The Balaban J connectivity index is 0.000000853. The van der Waals surface area contributed by atoms with Crippen LogP contribution in [0.1, 0.15) is 16.0 Å². The summed E-state index contributed by atoms with van der Waals surface area (Å²) in [6.45, 7) is 0. The van der Waals surface area contributed by atoms with Crippen LogP contribution in [0.2, 0.25) is 0 Å². The van der Waals surface area contributed by atoms with E-state index in [9.17, 15) is 0 Å². The Bertz CT molecular complexity index is 483. The van der Waals surface area contributed by atoms with Crippen molar-refractivity contribution in [2.24, 2.45) is 0 Å². The van der Waals surface area contributed by atoms with Crippen molar-refractivity contribution in [3.8, 4) is 0 Å². The second kappa shape index (κ2) is 4.59. The van der Waals surface area contributed by atoms with E-state index in [2.05, 4.69) is 47.9 Å². The van der Waals surface area contributed by atoms with Crippen LogP contribution >= 0.6 is 11.3 Å². The molecule has 0 spiro atoms. The fraction of sp³-hybridized carbons (Fsp3) is 0.0769. The Kier molecular flexibility index (Phi) is 3.38. The van der Waals surface area contributed by atoms with Gasteiger partial charge in [-0.3, -0.25) is 0 Å². The van der Waals surface area contributed by atoms with Gasteiger partial charge in [0.25, 0.3) is 0 Å². The van der Waals surface area contributed by atoms with E-state index >= 15 is 0 Å². The van der Waals surface area contributed by atoms with Gasteiger partial charge < -0.3 is 0 Å². The molecule has 0 radical (unpaired) electrons. The quantitative estimate of drug-likeness (QED) is 0.748. The number of thiophene rings is 1. The molecular weight excluding hydrogens is 279 g/mol. The molecule has 1 aromatic heterocycles. The first-order chi connectivity index (χ1) is 6.93. The van der Waals surface area contributed by atoms with Crippen LogP contribution < -0.4 is 0 Å². The number of allylic oxidation sites excluding steroid dienone is 1. The van der Waals surface area contributed by atoms with Crippen LogP contribution in [0.25, 0.3) is 11.6 Å². The SMILES string of the molecule is C1=C(c2cccs2)Cc2ccccc21.[Zr]. The van der Waals surface area contributed by atoms with Crippen LogP contribution in [0.15, 0.2) is 41.8 Å². The first-order valence-corrected chi connectivity index (χ1v) is 5.64. The molecule has 0 saturated heterocycles. The maximum Gasteiger partial charge on any atom is 0.0305 e. The molecule has 0 saturated carbocycles. The summed E-state index contributed by atoms with van der Waals surface area (Å²) in [4.78, 5) is 1.40. The van der Waals surface area contributed by atoms with E-state index in [4.69, 9.17) is 0 Å². The van der Waals surface area contributed by atoms with Crippen molar-refractivity contribution in [1.82, 2.24) is 0 Å². The molecule has 1 aliphatic carbocycles. The van der Waals surface area contributed by atoms with Gasteiger partial charge in [-0.25, -0.2) is 0 Å². The third-order valence-electron chi connectivity index (χ3n) is 2.60. The summed E-state index contributed by atoms with van der Waals surface area (Å²) >= 11 is 1.82. The van der Waals surface area contributed by atoms with E-state index in [1.165, 1.54) is 21.6 Å². The smallest absolute Gasteiger partial charge is 0.0305 e. The van der Waals surface area contributed by atoms with Crippen LogP contribution in [0, 0.1) is 0 Å². The summed E-state index contributed by atoms with van der Waals surface area (Å²) in [5.74, 6) is 0. The molecule has 1 aliphatic rings. The van der Waals surface area contributed by atoms with Gasteiger partial charge in [-0.2, -0.15) is 0 Å². The molecule has 2 heteroatoms. The normalized spacial score (nSPS) is 12.9. The molecule has 0 atom stereocenters. The van der Waals surface area contributed by atoms with Crippen molar-refractivity contribution in [2.45, 2.75) is 6.42 Å². The third kappa shape index (κ3) is 2.07. The molecule has 0 bridgehead atoms. The molecule has 0 N–H and O–H groups in total. The van der Waals surface area contributed by atoms with Crippen molar-refractivity contribution in [3.05, 3.63) is 57.8 Å². The van der Waals surface area contributed by atoms with Crippen molar-refractivity contribution >= 4 is 23.0 Å². The molecule has 3 rings (SSSR count). The zero-order valence-electron chi connectivity index (χ0n) is 8.23. The predicted molar refractivity (Wildman–Crippen MR) is 62.3 cm³/mol. The van der Waals surface area contributed by atoms with E-state index in [-0.39, 0.29) is 26.2 Å². The minimum absolute atomic E-state index is 0. The molecule has 1 aromatic carbocycles. The molecule has 2 aromatic rings. The zero-order chi connectivity index (χ0) is 9.38. The molecular formula is C13H10SZr. The molecule has 15 heavy (non-hydrogen) atoms. The van der Waals surface area contributed by atoms with Gasteiger partial charge in [-0.15, -0.1) is 11.3 Å². The minimum atomic E-state index is 0. The van der Waals surface area contributed by atoms with Gasteiger partial charge in [0.15, 0.2) is 0 Å². The van der Waals surface area contributed by atoms with E-state index in [1.54, 1.807) is 0 Å². The van der Waals surface area contributed by atoms with Crippen molar-refractivity contribution in [1.29, 1.82) is 0 Å². The Hall–Kier alpha value is -0.457. The summed E-state index contributed by atoms with van der Waals surface area (Å²) in [6, 6.07) is 12.9. The van der Waals surface area contributed by atoms with Gasteiger partial charge in [-0.1, -0.05) is 30.3 Å². The second-order valence-electron chi connectivity index (χ2n) is 3.52. The van der Waals surface area contributed by atoms with E-state index < -0.39 is 0 Å². The number of hydrogen-bond acceptors (Lipinski definition) is 1. The Morgan fingerprint density at radius 3 is 2.60 bits per heavy atom. The topological polar surface area (TPSA) is 0 Å². The van der Waals surface area contributed by atoms with Gasteiger partial charge in [0.2, 0.25) is 0 Å². The average molecular weight is 290 g/mol. The minimum Gasteiger partial charge on any atom is -0.144 e. The first kappa shape index (κ1) is 11.0. The zero-order valence-corrected chi connectivity index (χ0v) is 11.5. The molecule has 0 nitrogen and oxygen atoms in total. The van der Waals surface area contributed by atoms with Crippen molar-refractivity contribution < 1.29 is 26.2 Å². The molecule has 0 unspecified atom stereocenters. The summed E-state index contributed by atoms with van der Waals surface area (Å²) in [5, 5.41) is 2.14. The summed E-state index contributed by atoms with van der Waals surface area (Å²) in [7, 11) is 0. The molecule has 1 heterocycles. The van der Waals surface area contributed by atoms with Gasteiger partial charge in [0.1, 0.15) is 0 Å². The largest absolute Gasteiger partial charge is 0.144 e. The average Bonchev–Trinajstić information content (AvgIpc) is 2.86. The van der Waals surface area contributed by atoms with Crippen LogP contribution in [0.4, 0.5) is 0 Å². The standard InChI is InChI=1S/C13H10S.Zr/c1-2-5-11-9-12(8-10(11)4-1)13-6-3-7-14-13;/h1-8H,9H2;. The Morgan fingerprint density at radius 1 is 1.00 bits per heavy atom. The molecule has 0 aliphatic heterocycles. The van der Waals surface area contributed by atoms with Crippen molar-refractivity contribution in [2.75, 3.05) is 0 Å². The van der Waals surface area contributed by atoms with E-state index in [0.29, 0.717) is 0 Å². The Labute approximate surface area is 113 Å². The fourth-order valence-electron chi connectivity index (χ4n) is 1.90. The van der Waals surface area contributed by atoms with E-state index in [0.717, 1.165) is 6.42 Å². The molecule has 0 fully saturated rings.